The van der Waals surface area contributed by atoms with E-state index in [9.17, 15) is 9.36 Å². The fourth-order valence-electron chi connectivity index (χ4n) is 1.34. The molecule has 1 atom stereocenters. The zero-order chi connectivity index (χ0) is 14.6. The second kappa shape index (κ2) is 5.94. The number of nitrogens with two attached hydrogens (primary N) is 2. The predicted octanol–water partition coefficient (Wildman–Crippen LogP) is -0.524. The highest BCUT2D eigenvalue weighted by atomic mass is 31.2. The van der Waals surface area contributed by atoms with Crippen LogP contribution in [-0.4, -0.2) is 27.6 Å². The third kappa shape index (κ3) is 5.19. The molecule has 0 amide bonds. The Hall–Kier alpha value is -1.73. The van der Waals surface area contributed by atoms with Crippen molar-refractivity contribution >= 4 is 19.6 Å². The lowest BCUT2D eigenvalue weighted by atomic mass is 10.0. The lowest BCUT2D eigenvalue weighted by molar-refractivity contribution is -0.137. The fourth-order valence-corrected chi connectivity index (χ4v) is 1.71. The van der Waals surface area contributed by atoms with E-state index in [0.29, 0.717) is 11.1 Å². The Morgan fingerprint density at radius 2 is 1.89 bits per heavy atom. The molecule has 19 heavy (non-hydrogen) atoms. The van der Waals surface area contributed by atoms with Crippen LogP contribution < -0.4 is 11.5 Å². The van der Waals surface area contributed by atoms with Gasteiger partial charge < -0.3 is 16.0 Å². The largest absolute Gasteiger partial charge is 0.527 e. The van der Waals surface area contributed by atoms with E-state index in [-0.39, 0.29) is 12.3 Å². The van der Waals surface area contributed by atoms with Crippen LogP contribution in [0.25, 0.3) is 0 Å². The first-order valence-corrected chi connectivity index (χ1v) is 6.70. The van der Waals surface area contributed by atoms with Crippen molar-refractivity contribution in [1.82, 2.24) is 0 Å². The molecule has 0 saturated carbocycles. The molecule has 1 unspecified atom stereocenters. The van der Waals surface area contributed by atoms with Crippen LogP contribution in [-0.2, 0) is 20.3 Å². The summed E-state index contributed by atoms with van der Waals surface area (Å²) in [7, 11) is -4.88. The second-order valence-electron chi connectivity index (χ2n) is 3.82. The Labute approximate surface area is 109 Å². The SMILES string of the molecule is N=C(N)c1ccc(CC(N)C(=O)OP(=O)(O)O)cc1. The molecule has 1 aromatic rings. The van der Waals surface area contributed by atoms with Crippen molar-refractivity contribution in [1.29, 1.82) is 5.41 Å². The molecule has 0 fully saturated rings. The summed E-state index contributed by atoms with van der Waals surface area (Å²) in [6, 6.07) is 5.20. The summed E-state index contributed by atoms with van der Waals surface area (Å²) < 4.78 is 14.4. The van der Waals surface area contributed by atoms with Crippen molar-refractivity contribution in [2.45, 2.75) is 12.5 Å². The lowest BCUT2D eigenvalue weighted by Crippen LogP contribution is -2.33. The maximum atomic E-state index is 11.2. The predicted molar refractivity (Wildman–Crippen MR) is 67.3 cm³/mol. The maximum Gasteiger partial charge on any atom is 0.527 e. The van der Waals surface area contributed by atoms with Crippen LogP contribution in [0.4, 0.5) is 0 Å². The van der Waals surface area contributed by atoms with Gasteiger partial charge in [-0.3, -0.25) is 15.2 Å². The molecule has 7 N–H and O–H groups in total. The van der Waals surface area contributed by atoms with Gasteiger partial charge in [0.15, 0.2) is 0 Å². The minimum atomic E-state index is -4.88. The molecule has 0 aliphatic rings. The van der Waals surface area contributed by atoms with E-state index in [1.165, 1.54) is 0 Å². The van der Waals surface area contributed by atoms with E-state index in [1.807, 2.05) is 0 Å². The highest BCUT2D eigenvalue weighted by Crippen LogP contribution is 2.36. The first-order chi connectivity index (χ1) is 8.69. The Kier molecular flexibility index (Phi) is 4.79. The molecule has 0 spiro atoms. The average molecular weight is 287 g/mol. The zero-order valence-electron chi connectivity index (χ0n) is 9.81. The number of benzene rings is 1. The summed E-state index contributed by atoms with van der Waals surface area (Å²) in [5.41, 5.74) is 11.9. The van der Waals surface area contributed by atoms with E-state index in [1.54, 1.807) is 24.3 Å². The molecule has 0 aromatic heterocycles. The molecule has 1 rings (SSSR count). The Bertz CT molecular complexity index is 524. The molecule has 9 heteroatoms. The van der Waals surface area contributed by atoms with Gasteiger partial charge in [-0.15, -0.1) is 0 Å². The minimum Gasteiger partial charge on any atom is -0.384 e. The number of rotatable bonds is 5. The van der Waals surface area contributed by atoms with Gasteiger partial charge in [-0.1, -0.05) is 24.3 Å². The van der Waals surface area contributed by atoms with E-state index in [2.05, 4.69) is 4.52 Å². The number of phosphoric acid groups is 1. The number of amidine groups is 1. The number of hydrogen-bond acceptors (Lipinski definition) is 5. The number of carbonyl (C=O) groups excluding carboxylic acids is 1. The maximum absolute atomic E-state index is 11.2. The molecule has 0 saturated heterocycles. The second-order valence-corrected chi connectivity index (χ2v) is 4.99. The minimum absolute atomic E-state index is 0.0526. The first-order valence-electron chi connectivity index (χ1n) is 5.17. The summed E-state index contributed by atoms with van der Waals surface area (Å²) in [5, 5.41) is 7.21. The quantitative estimate of drug-likeness (QED) is 0.276. The summed E-state index contributed by atoms with van der Waals surface area (Å²) in [4.78, 5) is 28.2. The fraction of sp³-hybridized carbons (Fsp3) is 0.200. The van der Waals surface area contributed by atoms with E-state index >= 15 is 0 Å². The normalized spacial score (nSPS) is 12.8. The van der Waals surface area contributed by atoms with Gasteiger partial charge in [0.1, 0.15) is 11.9 Å². The van der Waals surface area contributed by atoms with Gasteiger partial charge in [0.25, 0.3) is 0 Å². The zero-order valence-corrected chi connectivity index (χ0v) is 10.7. The average Bonchev–Trinajstić information content (AvgIpc) is 2.27. The lowest BCUT2D eigenvalue weighted by Gasteiger charge is -2.12. The van der Waals surface area contributed by atoms with Crippen LogP contribution in [0.15, 0.2) is 24.3 Å². The monoisotopic (exact) mass is 287 g/mol. The van der Waals surface area contributed by atoms with E-state index in [0.717, 1.165) is 0 Å². The van der Waals surface area contributed by atoms with Crippen molar-refractivity contribution in [2.75, 3.05) is 0 Å². The summed E-state index contributed by atoms with van der Waals surface area (Å²) >= 11 is 0. The molecule has 0 heterocycles. The molecule has 0 aliphatic carbocycles. The highest BCUT2D eigenvalue weighted by Gasteiger charge is 2.25. The van der Waals surface area contributed by atoms with Crippen molar-refractivity contribution < 1.29 is 23.7 Å². The molecule has 0 aliphatic heterocycles. The van der Waals surface area contributed by atoms with Crippen LogP contribution in [0.5, 0.6) is 0 Å². The van der Waals surface area contributed by atoms with Crippen molar-refractivity contribution in [3.05, 3.63) is 35.4 Å². The number of hydrogen-bond donors (Lipinski definition) is 5. The molecule has 104 valence electrons. The number of phosphoric ester groups is 1. The molecule has 0 bridgehead atoms. The van der Waals surface area contributed by atoms with Gasteiger partial charge in [0, 0.05) is 5.56 Å². The van der Waals surface area contributed by atoms with Gasteiger partial charge in [-0.25, -0.2) is 9.36 Å². The Morgan fingerprint density at radius 1 is 1.37 bits per heavy atom. The Morgan fingerprint density at radius 3 is 2.32 bits per heavy atom. The highest BCUT2D eigenvalue weighted by molar-refractivity contribution is 7.46. The standard InChI is InChI=1S/C10H14N3O5P/c11-8(10(14)18-19(15,16)17)5-6-1-3-7(4-2-6)9(12)13/h1-4,8H,5,11H2,(H3,12,13)(H2,15,16,17). The van der Waals surface area contributed by atoms with Crippen LogP contribution in [0.3, 0.4) is 0 Å². The molecule has 0 radical (unpaired) electrons. The van der Waals surface area contributed by atoms with Crippen molar-refractivity contribution in [3.63, 3.8) is 0 Å². The molecular weight excluding hydrogens is 273 g/mol. The smallest absolute Gasteiger partial charge is 0.384 e. The van der Waals surface area contributed by atoms with Gasteiger partial charge >= 0.3 is 13.8 Å². The summed E-state index contributed by atoms with van der Waals surface area (Å²) in [5.74, 6) is -1.26. The molecule has 1 aromatic carbocycles. The van der Waals surface area contributed by atoms with Gasteiger partial charge in [-0.05, 0) is 12.0 Å². The van der Waals surface area contributed by atoms with Crippen LogP contribution >= 0.6 is 7.82 Å². The van der Waals surface area contributed by atoms with Crippen LogP contribution in [0.2, 0.25) is 0 Å². The number of nitrogens with one attached hydrogen (secondary N) is 1. The first kappa shape index (κ1) is 15.3. The van der Waals surface area contributed by atoms with E-state index < -0.39 is 19.8 Å². The topological polar surface area (TPSA) is 160 Å². The van der Waals surface area contributed by atoms with Gasteiger partial charge in [0.2, 0.25) is 0 Å². The number of carbonyl (C=O) groups is 1. The van der Waals surface area contributed by atoms with E-state index in [4.69, 9.17) is 26.7 Å². The van der Waals surface area contributed by atoms with Crippen molar-refractivity contribution in [3.8, 4) is 0 Å². The number of nitrogen functional groups attached to an aromatic ring is 1. The Balaban J connectivity index is 2.66. The van der Waals surface area contributed by atoms with Gasteiger partial charge in [-0.2, -0.15) is 0 Å². The van der Waals surface area contributed by atoms with Crippen LogP contribution in [0, 0.1) is 5.41 Å². The third-order valence-electron chi connectivity index (χ3n) is 2.23. The third-order valence-corrected chi connectivity index (χ3v) is 2.65. The summed E-state index contributed by atoms with van der Waals surface area (Å²) in [6.45, 7) is 0. The summed E-state index contributed by atoms with van der Waals surface area (Å²) in [6.07, 6.45) is 0.0526. The molecular formula is C10H14N3O5P. The van der Waals surface area contributed by atoms with Crippen LogP contribution in [0.1, 0.15) is 11.1 Å². The van der Waals surface area contributed by atoms with Gasteiger partial charge in [0.05, 0.1) is 0 Å². The molecule has 8 nitrogen and oxygen atoms in total. The van der Waals surface area contributed by atoms with Crippen molar-refractivity contribution in [2.24, 2.45) is 11.5 Å².